The molecule has 1 N–H and O–H groups in total. The number of carboxylic acids is 1. The van der Waals surface area contributed by atoms with Crippen LogP contribution in [-0.2, 0) is 27.2 Å². The Bertz CT molecular complexity index is 67.1. The molecule has 0 rings (SSSR count). The number of thiol groups is 1. The van der Waals surface area contributed by atoms with E-state index in [1.807, 2.05) is 0 Å². The van der Waals surface area contributed by atoms with Crippen LogP contribution in [0.2, 0.25) is 0 Å². The first kappa shape index (κ1) is 11.4. The van der Waals surface area contributed by atoms with Crippen LogP contribution in [0.3, 0.4) is 0 Å². The van der Waals surface area contributed by atoms with Gasteiger partial charge in [-0.05, 0) is 12.2 Å². The van der Waals surface area contributed by atoms with Crippen molar-refractivity contribution in [3.8, 4) is 0 Å². The molecule has 0 heterocycles. The molecule has 0 unspecified atom stereocenters. The molecule has 0 atom stereocenters. The maximum atomic E-state index is 9.72. The molecule has 0 amide bonds. The van der Waals surface area contributed by atoms with Crippen molar-refractivity contribution in [1.29, 1.82) is 0 Å². The van der Waals surface area contributed by atoms with Gasteiger partial charge in [0.15, 0.2) is 0 Å². The Morgan fingerprint density at radius 1 is 1.62 bits per heavy atom. The Labute approximate surface area is 69.6 Å². The Morgan fingerprint density at radius 2 is 2.12 bits per heavy atom. The molecule has 0 fully saturated rings. The molecular formula is C4H8AuO2S. The van der Waals surface area contributed by atoms with Crippen molar-refractivity contribution in [3.63, 3.8) is 0 Å². The number of hydrogen-bond donors (Lipinski definition) is 2. The van der Waals surface area contributed by atoms with E-state index in [1.54, 1.807) is 0 Å². The first-order chi connectivity index (χ1) is 3.27. The first-order valence-electron chi connectivity index (χ1n) is 2.10. The van der Waals surface area contributed by atoms with Crippen molar-refractivity contribution in [2.75, 3.05) is 5.75 Å². The summed E-state index contributed by atoms with van der Waals surface area (Å²) < 4.78 is 0. The summed E-state index contributed by atoms with van der Waals surface area (Å²) in [4.78, 5) is 9.72. The molecule has 0 saturated heterocycles. The minimum atomic E-state index is -0.742. The monoisotopic (exact) mass is 317 g/mol. The summed E-state index contributed by atoms with van der Waals surface area (Å²) in [6, 6.07) is 0. The van der Waals surface area contributed by atoms with Crippen LogP contribution in [0.15, 0.2) is 0 Å². The van der Waals surface area contributed by atoms with E-state index >= 15 is 0 Å². The maximum Gasteiger partial charge on any atom is 0.303 e. The SMILES string of the molecule is O=C(O)CCCS.[Au]. The topological polar surface area (TPSA) is 37.3 Å². The van der Waals surface area contributed by atoms with E-state index < -0.39 is 5.97 Å². The van der Waals surface area contributed by atoms with Gasteiger partial charge in [-0.25, -0.2) is 0 Å². The summed E-state index contributed by atoms with van der Waals surface area (Å²) in [6.45, 7) is 0. The van der Waals surface area contributed by atoms with E-state index in [0.29, 0.717) is 12.2 Å². The van der Waals surface area contributed by atoms with Gasteiger partial charge in [-0.1, -0.05) is 0 Å². The van der Waals surface area contributed by atoms with Crippen LogP contribution in [0.5, 0.6) is 0 Å². The molecule has 0 aliphatic heterocycles. The quantitative estimate of drug-likeness (QED) is 0.596. The summed E-state index contributed by atoms with van der Waals surface area (Å²) in [5.74, 6) is -0.0826. The second-order valence-corrected chi connectivity index (χ2v) is 1.67. The molecule has 0 spiro atoms. The minimum absolute atomic E-state index is 0. The zero-order chi connectivity index (χ0) is 5.70. The van der Waals surface area contributed by atoms with Crippen molar-refractivity contribution in [2.24, 2.45) is 0 Å². The summed E-state index contributed by atoms with van der Waals surface area (Å²) >= 11 is 3.83. The summed E-state index contributed by atoms with van der Waals surface area (Å²) in [6.07, 6.45) is 0.905. The molecule has 0 aliphatic rings. The fourth-order valence-corrected chi connectivity index (χ4v) is 0.388. The van der Waals surface area contributed by atoms with E-state index in [1.165, 1.54) is 0 Å². The van der Waals surface area contributed by atoms with E-state index in [9.17, 15) is 4.79 Å². The van der Waals surface area contributed by atoms with Gasteiger partial charge < -0.3 is 5.11 Å². The van der Waals surface area contributed by atoms with E-state index in [2.05, 4.69) is 12.6 Å². The number of hydrogen-bond acceptors (Lipinski definition) is 2. The minimum Gasteiger partial charge on any atom is -0.481 e. The molecule has 53 valence electrons. The fourth-order valence-electron chi connectivity index (χ4n) is 0.230. The Morgan fingerprint density at radius 3 is 2.25 bits per heavy atom. The third-order valence-electron chi connectivity index (χ3n) is 0.549. The van der Waals surface area contributed by atoms with Gasteiger partial charge in [-0.15, -0.1) is 0 Å². The Hall–Kier alpha value is 0.560. The van der Waals surface area contributed by atoms with Crippen LogP contribution in [0.1, 0.15) is 12.8 Å². The molecule has 0 aromatic heterocycles. The number of carboxylic acid groups (broad SMARTS) is 1. The van der Waals surface area contributed by atoms with Crippen LogP contribution >= 0.6 is 12.6 Å². The molecule has 0 aromatic carbocycles. The summed E-state index contributed by atoms with van der Waals surface area (Å²) in [7, 11) is 0. The van der Waals surface area contributed by atoms with Crippen LogP contribution in [-0.4, -0.2) is 16.8 Å². The molecule has 0 bridgehead atoms. The standard InChI is InChI=1S/C4H8O2S.Au/c5-4(6)2-1-3-7;/h7H,1-3H2,(H,5,6);. The Balaban J connectivity index is 0. The zero-order valence-corrected chi connectivity index (χ0v) is 7.29. The van der Waals surface area contributed by atoms with Crippen LogP contribution < -0.4 is 0 Å². The molecule has 8 heavy (non-hydrogen) atoms. The smallest absolute Gasteiger partial charge is 0.303 e. The third kappa shape index (κ3) is 9.75. The molecule has 0 aliphatic carbocycles. The number of aliphatic carboxylic acids is 1. The van der Waals surface area contributed by atoms with Gasteiger partial charge in [0.05, 0.1) is 0 Å². The van der Waals surface area contributed by atoms with Gasteiger partial charge in [0.2, 0.25) is 0 Å². The van der Waals surface area contributed by atoms with Gasteiger partial charge >= 0.3 is 5.97 Å². The van der Waals surface area contributed by atoms with E-state index in [0.717, 1.165) is 0 Å². The first-order valence-corrected chi connectivity index (χ1v) is 2.73. The van der Waals surface area contributed by atoms with Crippen molar-refractivity contribution in [2.45, 2.75) is 12.8 Å². The second kappa shape index (κ2) is 7.56. The fraction of sp³-hybridized carbons (Fsp3) is 0.750. The molecule has 0 saturated carbocycles. The summed E-state index contributed by atoms with van der Waals surface area (Å²) in [5.41, 5.74) is 0. The molecule has 4 heteroatoms. The van der Waals surface area contributed by atoms with Crippen molar-refractivity contribution < 1.29 is 32.3 Å². The number of carbonyl (C=O) groups is 1. The average molecular weight is 317 g/mol. The van der Waals surface area contributed by atoms with E-state index in [-0.39, 0.29) is 28.8 Å². The zero-order valence-electron chi connectivity index (χ0n) is 4.23. The molecule has 2 nitrogen and oxygen atoms in total. The van der Waals surface area contributed by atoms with Gasteiger partial charge in [0, 0.05) is 28.8 Å². The van der Waals surface area contributed by atoms with E-state index in [4.69, 9.17) is 5.11 Å². The van der Waals surface area contributed by atoms with Crippen molar-refractivity contribution in [3.05, 3.63) is 0 Å². The average Bonchev–Trinajstić information content (AvgIpc) is 1.61. The Kier molecular flexibility index (Phi) is 10.7. The van der Waals surface area contributed by atoms with Crippen molar-refractivity contribution >= 4 is 18.6 Å². The van der Waals surface area contributed by atoms with Crippen LogP contribution in [0.4, 0.5) is 0 Å². The molecule has 1 radical (unpaired) electrons. The summed E-state index contributed by atoms with van der Waals surface area (Å²) in [5, 5.41) is 8.01. The molecule has 0 aromatic rings. The molecular weight excluding hydrogens is 309 g/mol. The van der Waals surface area contributed by atoms with Gasteiger partial charge in [0.25, 0.3) is 0 Å². The van der Waals surface area contributed by atoms with Gasteiger partial charge in [-0.2, -0.15) is 12.6 Å². The van der Waals surface area contributed by atoms with Crippen LogP contribution in [0, 0.1) is 0 Å². The van der Waals surface area contributed by atoms with Gasteiger partial charge in [-0.3, -0.25) is 4.79 Å². The predicted molar refractivity (Wildman–Crippen MR) is 30.7 cm³/mol. The predicted octanol–water partition coefficient (Wildman–Crippen LogP) is 0.778. The third-order valence-corrected chi connectivity index (χ3v) is 0.865. The normalized spacial score (nSPS) is 7.62. The largest absolute Gasteiger partial charge is 0.481 e. The second-order valence-electron chi connectivity index (χ2n) is 1.22. The van der Waals surface area contributed by atoms with Crippen LogP contribution in [0.25, 0.3) is 0 Å². The maximum absolute atomic E-state index is 9.72. The van der Waals surface area contributed by atoms with Crippen molar-refractivity contribution in [1.82, 2.24) is 0 Å². The van der Waals surface area contributed by atoms with Gasteiger partial charge in [0.1, 0.15) is 0 Å². The number of rotatable bonds is 3.